The maximum Gasteiger partial charge on any atom is 0.320 e. The molecule has 0 spiro atoms. The van der Waals surface area contributed by atoms with Gasteiger partial charge in [0.25, 0.3) is 0 Å². The zero-order chi connectivity index (χ0) is 16.7. The monoisotopic (exact) mass is 351 g/mol. The fourth-order valence-corrected chi connectivity index (χ4v) is 2.69. The SMILES string of the molecule is CCOC(=O)CN(Cc1ccccc1)Cc1cccc(Cl)c1Cl. The van der Waals surface area contributed by atoms with E-state index in [1.807, 2.05) is 47.4 Å². The van der Waals surface area contributed by atoms with Crippen molar-refractivity contribution in [2.75, 3.05) is 13.2 Å². The maximum absolute atomic E-state index is 11.9. The second-order valence-electron chi connectivity index (χ2n) is 5.15. The second-order valence-corrected chi connectivity index (χ2v) is 5.93. The number of esters is 1. The van der Waals surface area contributed by atoms with E-state index in [0.717, 1.165) is 11.1 Å². The summed E-state index contributed by atoms with van der Waals surface area (Å²) in [4.78, 5) is 13.9. The molecule has 2 aromatic carbocycles. The molecule has 23 heavy (non-hydrogen) atoms. The maximum atomic E-state index is 11.9. The Bertz CT molecular complexity index is 647. The standard InChI is InChI=1S/C18H19Cl2NO2/c1-2-23-17(22)13-21(11-14-7-4-3-5-8-14)12-15-9-6-10-16(19)18(15)20/h3-10H,2,11-13H2,1H3. The van der Waals surface area contributed by atoms with Gasteiger partial charge in [0.2, 0.25) is 0 Å². The van der Waals surface area contributed by atoms with Gasteiger partial charge < -0.3 is 4.74 Å². The molecule has 3 nitrogen and oxygen atoms in total. The molecule has 0 atom stereocenters. The number of rotatable bonds is 7. The molecule has 5 heteroatoms. The highest BCUT2D eigenvalue weighted by molar-refractivity contribution is 6.42. The van der Waals surface area contributed by atoms with Gasteiger partial charge in [-0.05, 0) is 24.1 Å². The first-order valence-electron chi connectivity index (χ1n) is 7.45. The highest BCUT2D eigenvalue weighted by atomic mass is 35.5. The van der Waals surface area contributed by atoms with E-state index in [1.54, 1.807) is 13.0 Å². The van der Waals surface area contributed by atoms with Crippen LogP contribution in [0.3, 0.4) is 0 Å². The van der Waals surface area contributed by atoms with E-state index in [-0.39, 0.29) is 12.5 Å². The average Bonchev–Trinajstić information content (AvgIpc) is 2.53. The van der Waals surface area contributed by atoms with E-state index in [9.17, 15) is 4.79 Å². The smallest absolute Gasteiger partial charge is 0.320 e. The minimum Gasteiger partial charge on any atom is -0.465 e. The summed E-state index contributed by atoms with van der Waals surface area (Å²) in [5.41, 5.74) is 2.01. The Labute approximate surface area is 146 Å². The minimum absolute atomic E-state index is 0.200. The molecular weight excluding hydrogens is 333 g/mol. The van der Waals surface area contributed by atoms with Crippen molar-refractivity contribution in [3.63, 3.8) is 0 Å². The van der Waals surface area contributed by atoms with Crippen LogP contribution in [0.1, 0.15) is 18.1 Å². The second kappa shape index (κ2) is 8.92. The molecule has 2 rings (SSSR count). The van der Waals surface area contributed by atoms with Gasteiger partial charge in [0.1, 0.15) is 0 Å². The molecule has 0 aromatic heterocycles. The minimum atomic E-state index is -0.249. The van der Waals surface area contributed by atoms with Gasteiger partial charge in [0, 0.05) is 13.1 Å². The van der Waals surface area contributed by atoms with Crippen molar-refractivity contribution in [3.8, 4) is 0 Å². The van der Waals surface area contributed by atoms with E-state index >= 15 is 0 Å². The van der Waals surface area contributed by atoms with Gasteiger partial charge in [-0.3, -0.25) is 9.69 Å². The molecule has 0 heterocycles. The summed E-state index contributed by atoms with van der Waals surface area (Å²) < 4.78 is 5.06. The van der Waals surface area contributed by atoms with Crippen LogP contribution in [0, 0.1) is 0 Å². The van der Waals surface area contributed by atoms with Gasteiger partial charge in [-0.2, -0.15) is 0 Å². The summed E-state index contributed by atoms with van der Waals surface area (Å²) in [7, 11) is 0. The van der Waals surface area contributed by atoms with Crippen LogP contribution in [0.5, 0.6) is 0 Å². The van der Waals surface area contributed by atoms with Crippen LogP contribution in [0.2, 0.25) is 10.0 Å². The van der Waals surface area contributed by atoms with Gasteiger partial charge in [0.05, 0.1) is 23.2 Å². The number of carbonyl (C=O) groups is 1. The Kier molecular flexibility index (Phi) is 6.90. The molecular formula is C18H19Cl2NO2. The molecule has 0 aliphatic rings. The lowest BCUT2D eigenvalue weighted by Crippen LogP contribution is -2.30. The van der Waals surface area contributed by atoms with E-state index in [4.69, 9.17) is 27.9 Å². The van der Waals surface area contributed by atoms with Crippen molar-refractivity contribution in [2.45, 2.75) is 20.0 Å². The Morgan fingerprint density at radius 2 is 1.78 bits per heavy atom. The third-order valence-electron chi connectivity index (χ3n) is 3.33. The van der Waals surface area contributed by atoms with Gasteiger partial charge in [-0.1, -0.05) is 65.7 Å². The summed E-state index contributed by atoms with van der Waals surface area (Å²) in [6.07, 6.45) is 0. The zero-order valence-electron chi connectivity index (χ0n) is 13.0. The third kappa shape index (κ3) is 5.54. The summed E-state index contributed by atoms with van der Waals surface area (Å²) in [5, 5.41) is 1.04. The summed E-state index contributed by atoms with van der Waals surface area (Å²) in [5.74, 6) is -0.249. The molecule has 2 aromatic rings. The fourth-order valence-electron chi connectivity index (χ4n) is 2.31. The lowest BCUT2D eigenvalue weighted by molar-refractivity contribution is -0.144. The van der Waals surface area contributed by atoms with E-state index in [1.165, 1.54) is 0 Å². The first kappa shape index (κ1) is 17.8. The van der Waals surface area contributed by atoms with Crippen LogP contribution < -0.4 is 0 Å². The molecule has 0 fully saturated rings. The molecule has 0 aliphatic carbocycles. The van der Waals surface area contributed by atoms with Crippen LogP contribution >= 0.6 is 23.2 Å². The molecule has 0 radical (unpaired) electrons. The highest BCUT2D eigenvalue weighted by Crippen LogP contribution is 2.26. The van der Waals surface area contributed by atoms with Crippen LogP contribution in [-0.2, 0) is 22.6 Å². The number of hydrogen-bond acceptors (Lipinski definition) is 3. The van der Waals surface area contributed by atoms with Gasteiger partial charge in [-0.25, -0.2) is 0 Å². The molecule has 0 amide bonds. The number of nitrogens with zero attached hydrogens (tertiary/aromatic N) is 1. The molecule has 0 bridgehead atoms. The lowest BCUT2D eigenvalue weighted by Gasteiger charge is -2.22. The van der Waals surface area contributed by atoms with Crippen LogP contribution in [0.4, 0.5) is 0 Å². The summed E-state index contributed by atoms with van der Waals surface area (Å²) in [6, 6.07) is 15.5. The zero-order valence-corrected chi connectivity index (χ0v) is 14.5. The van der Waals surface area contributed by atoms with E-state index in [0.29, 0.717) is 29.7 Å². The molecule has 0 saturated carbocycles. The average molecular weight is 352 g/mol. The predicted octanol–water partition coefficient (Wildman–Crippen LogP) is 4.56. The largest absolute Gasteiger partial charge is 0.465 e. The molecule has 122 valence electrons. The molecule has 0 unspecified atom stereocenters. The van der Waals surface area contributed by atoms with Crippen molar-refractivity contribution in [3.05, 3.63) is 69.7 Å². The Morgan fingerprint density at radius 1 is 1.04 bits per heavy atom. The predicted molar refractivity (Wildman–Crippen MR) is 93.7 cm³/mol. The Balaban J connectivity index is 2.15. The number of hydrogen-bond donors (Lipinski definition) is 0. The first-order valence-corrected chi connectivity index (χ1v) is 8.20. The Hall–Kier alpha value is -1.55. The van der Waals surface area contributed by atoms with Gasteiger partial charge >= 0.3 is 5.97 Å². The van der Waals surface area contributed by atoms with E-state index in [2.05, 4.69) is 0 Å². The van der Waals surface area contributed by atoms with E-state index < -0.39 is 0 Å². The van der Waals surface area contributed by atoms with Crippen molar-refractivity contribution >= 4 is 29.2 Å². The number of carbonyl (C=O) groups excluding carboxylic acids is 1. The molecule has 0 N–H and O–H groups in total. The summed E-state index contributed by atoms with van der Waals surface area (Å²) in [6.45, 7) is 3.52. The molecule has 0 aliphatic heterocycles. The third-order valence-corrected chi connectivity index (χ3v) is 4.19. The molecule has 0 saturated heterocycles. The number of benzene rings is 2. The first-order chi connectivity index (χ1) is 11.1. The number of ether oxygens (including phenoxy) is 1. The number of halogens is 2. The van der Waals surface area contributed by atoms with Crippen molar-refractivity contribution in [2.24, 2.45) is 0 Å². The van der Waals surface area contributed by atoms with Crippen LogP contribution in [0.25, 0.3) is 0 Å². The van der Waals surface area contributed by atoms with Crippen LogP contribution in [-0.4, -0.2) is 24.0 Å². The topological polar surface area (TPSA) is 29.5 Å². The Morgan fingerprint density at radius 3 is 2.48 bits per heavy atom. The fraction of sp³-hybridized carbons (Fsp3) is 0.278. The lowest BCUT2D eigenvalue weighted by atomic mass is 10.1. The normalized spacial score (nSPS) is 10.8. The van der Waals surface area contributed by atoms with Gasteiger partial charge in [-0.15, -0.1) is 0 Å². The highest BCUT2D eigenvalue weighted by Gasteiger charge is 2.15. The van der Waals surface area contributed by atoms with Crippen molar-refractivity contribution in [1.29, 1.82) is 0 Å². The van der Waals surface area contributed by atoms with Gasteiger partial charge in [0.15, 0.2) is 0 Å². The summed E-state index contributed by atoms with van der Waals surface area (Å²) >= 11 is 12.3. The van der Waals surface area contributed by atoms with Crippen LogP contribution in [0.15, 0.2) is 48.5 Å². The van der Waals surface area contributed by atoms with Crippen molar-refractivity contribution in [1.82, 2.24) is 4.90 Å². The van der Waals surface area contributed by atoms with Crippen molar-refractivity contribution < 1.29 is 9.53 Å². The quantitative estimate of drug-likeness (QED) is 0.684.